The van der Waals surface area contributed by atoms with Gasteiger partial charge in [-0.1, -0.05) is 6.07 Å². The van der Waals surface area contributed by atoms with Gasteiger partial charge in [0.15, 0.2) is 0 Å². The Balaban J connectivity index is 2.68. The second-order valence-corrected chi connectivity index (χ2v) is 4.44. The van der Waals surface area contributed by atoms with Gasteiger partial charge in [0, 0.05) is 21.8 Å². The predicted octanol–water partition coefficient (Wildman–Crippen LogP) is 3.36. The molecule has 3 heteroatoms. The summed E-state index contributed by atoms with van der Waals surface area (Å²) in [6, 6.07) is 6.14. The molecule has 0 unspecified atom stereocenters. The summed E-state index contributed by atoms with van der Waals surface area (Å²) in [6.45, 7) is 6.11. The first-order valence-electron chi connectivity index (χ1n) is 5.18. The van der Waals surface area contributed by atoms with Gasteiger partial charge in [-0.15, -0.1) is 12.6 Å². The van der Waals surface area contributed by atoms with E-state index in [0.717, 1.165) is 21.8 Å². The summed E-state index contributed by atoms with van der Waals surface area (Å²) in [4.78, 5) is 9.48. The van der Waals surface area contributed by atoms with Crippen LogP contribution in [0.25, 0.3) is 11.1 Å². The van der Waals surface area contributed by atoms with Crippen molar-refractivity contribution in [3.8, 4) is 11.1 Å². The molecule has 2 rings (SSSR count). The van der Waals surface area contributed by atoms with Crippen molar-refractivity contribution in [2.75, 3.05) is 0 Å². The summed E-state index contributed by atoms with van der Waals surface area (Å²) >= 11 is 4.33. The summed E-state index contributed by atoms with van der Waals surface area (Å²) in [5.74, 6) is 0. The number of nitrogens with zero attached hydrogens (tertiary/aromatic N) is 2. The highest BCUT2D eigenvalue weighted by molar-refractivity contribution is 7.80. The molecular formula is C13H14N2S. The number of aryl methyl sites for hydroxylation is 3. The van der Waals surface area contributed by atoms with Gasteiger partial charge in [-0.2, -0.15) is 0 Å². The highest BCUT2D eigenvalue weighted by Gasteiger charge is 2.09. The molecule has 1 aromatic heterocycles. The Morgan fingerprint density at radius 1 is 1.00 bits per heavy atom. The Labute approximate surface area is 101 Å². The third-order valence-corrected chi connectivity index (χ3v) is 2.98. The molecule has 0 bridgehead atoms. The molecule has 1 aromatic carbocycles. The number of thiol groups is 1. The van der Waals surface area contributed by atoms with Gasteiger partial charge in [0.2, 0.25) is 0 Å². The maximum absolute atomic E-state index is 4.33. The predicted molar refractivity (Wildman–Crippen MR) is 68.9 cm³/mol. The van der Waals surface area contributed by atoms with E-state index < -0.39 is 0 Å². The zero-order valence-corrected chi connectivity index (χ0v) is 10.5. The smallest absolute Gasteiger partial charge is 0.115 e. The van der Waals surface area contributed by atoms with Gasteiger partial charge in [0.1, 0.15) is 6.33 Å². The van der Waals surface area contributed by atoms with E-state index in [1.54, 1.807) is 6.33 Å². The van der Waals surface area contributed by atoms with Crippen LogP contribution >= 0.6 is 12.6 Å². The number of benzene rings is 1. The van der Waals surface area contributed by atoms with Crippen molar-refractivity contribution in [2.45, 2.75) is 25.7 Å². The highest BCUT2D eigenvalue weighted by Crippen LogP contribution is 2.28. The fourth-order valence-electron chi connectivity index (χ4n) is 1.91. The average Bonchev–Trinajstić information content (AvgIpc) is 2.20. The van der Waals surface area contributed by atoms with E-state index in [1.165, 1.54) is 11.1 Å². The Bertz CT molecular complexity index is 515. The number of hydrogen-bond donors (Lipinski definition) is 1. The number of aromatic nitrogens is 2. The standard InChI is InChI=1S/C13H14N2S/c1-8-6-11(16)4-5-12(8)13-9(2)14-7-15-10(13)3/h4-7,16H,1-3H3. The van der Waals surface area contributed by atoms with Crippen LogP contribution in [0.4, 0.5) is 0 Å². The molecule has 82 valence electrons. The van der Waals surface area contributed by atoms with Gasteiger partial charge in [0.05, 0.1) is 0 Å². The van der Waals surface area contributed by atoms with Gasteiger partial charge >= 0.3 is 0 Å². The Kier molecular flexibility index (Phi) is 2.97. The van der Waals surface area contributed by atoms with Crippen molar-refractivity contribution < 1.29 is 0 Å². The largest absolute Gasteiger partial charge is 0.241 e. The molecule has 0 saturated heterocycles. The lowest BCUT2D eigenvalue weighted by Crippen LogP contribution is -1.96. The highest BCUT2D eigenvalue weighted by atomic mass is 32.1. The molecule has 0 fully saturated rings. The lowest BCUT2D eigenvalue weighted by Gasteiger charge is -2.11. The van der Waals surface area contributed by atoms with Crippen molar-refractivity contribution in [1.29, 1.82) is 0 Å². The van der Waals surface area contributed by atoms with E-state index >= 15 is 0 Å². The van der Waals surface area contributed by atoms with Crippen LogP contribution in [-0.2, 0) is 0 Å². The number of rotatable bonds is 1. The molecule has 2 aromatic rings. The van der Waals surface area contributed by atoms with E-state index in [1.807, 2.05) is 19.9 Å². The van der Waals surface area contributed by atoms with E-state index in [9.17, 15) is 0 Å². The lowest BCUT2D eigenvalue weighted by atomic mass is 9.98. The van der Waals surface area contributed by atoms with Crippen molar-refractivity contribution in [1.82, 2.24) is 9.97 Å². The van der Waals surface area contributed by atoms with Crippen molar-refractivity contribution in [2.24, 2.45) is 0 Å². The molecule has 2 nitrogen and oxygen atoms in total. The fraction of sp³-hybridized carbons (Fsp3) is 0.231. The third-order valence-electron chi connectivity index (χ3n) is 2.71. The van der Waals surface area contributed by atoms with Crippen molar-refractivity contribution in [3.63, 3.8) is 0 Å². The van der Waals surface area contributed by atoms with Crippen LogP contribution < -0.4 is 0 Å². The zero-order valence-electron chi connectivity index (χ0n) is 9.65. The molecule has 0 aliphatic heterocycles. The van der Waals surface area contributed by atoms with Crippen molar-refractivity contribution >= 4 is 12.6 Å². The minimum Gasteiger partial charge on any atom is -0.241 e. The van der Waals surface area contributed by atoms with Crippen LogP contribution in [0, 0.1) is 20.8 Å². The molecule has 0 radical (unpaired) electrons. The summed E-state index contributed by atoms with van der Waals surface area (Å²) in [5.41, 5.74) is 5.56. The second kappa shape index (κ2) is 4.26. The molecule has 0 spiro atoms. The van der Waals surface area contributed by atoms with E-state index in [2.05, 4.69) is 41.7 Å². The maximum Gasteiger partial charge on any atom is 0.115 e. The molecule has 0 amide bonds. The third kappa shape index (κ3) is 1.95. The first-order chi connectivity index (χ1) is 7.59. The lowest BCUT2D eigenvalue weighted by molar-refractivity contribution is 1.06. The molecule has 0 N–H and O–H groups in total. The van der Waals surface area contributed by atoms with Crippen LogP contribution in [0.2, 0.25) is 0 Å². The Morgan fingerprint density at radius 3 is 2.19 bits per heavy atom. The molecular weight excluding hydrogens is 216 g/mol. The molecule has 0 atom stereocenters. The number of hydrogen-bond acceptors (Lipinski definition) is 3. The average molecular weight is 230 g/mol. The zero-order chi connectivity index (χ0) is 11.7. The summed E-state index contributed by atoms with van der Waals surface area (Å²) in [6.07, 6.45) is 1.61. The first-order valence-corrected chi connectivity index (χ1v) is 5.62. The van der Waals surface area contributed by atoms with Crippen LogP contribution in [0.5, 0.6) is 0 Å². The minimum atomic E-state index is 0.980. The normalized spacial score (nSPS) is 10.5. The van der Waals surface area contributed by atoms with Gasteiger partial charge in [-0.3, -0.25) is 0 Å². The maximum atomic E-state index is 4.33. The van der Waals surface area contributed by atoms with Crippen LogP contribution in [0.15, 0.2) is 29.4 Å². The molecule has 16 heavy (non-hydrogen) atoms. The van der Waals surface area contributed by atoms with Crippen molar-refractivity contribution in [3.05, 3.63) is 41.5 Å². The summed E-state index contributed by atoms with van der Waals surface area (Å²) in [5, 5.41) is 0. The van der Waals surface area contributed by atoms with E-state index in [-0.39, 0.29) is 0 Å². The quantitative estimate of drug-likeness (QED) is 0.760. The molecule has 0 saturated carbocycles. The van der Waals surface area contributed by atoms with Gasteiger partial charge in [-0.05, 0) is 44.0 Å². The Morgan fingerprint density at radius 2 is 1.62 bits per heavy atom. The molecule has 0 aliphatic carbocycles. The topological polar surface area (TPSA) is 25.8 Å². The van der Waals surface area contributed by atoms with E-state index in [4.69, 9.17) is 0 Å². The van der Waals surface area contributed by atoms with E-state index in [0.29, 0.717) is 0 Å². The second-order valence-electron chi connectivity index (χ2n) is 3.92. The Hall–Kier alpha value is -1.35. The molecule has 1 heterocycles. The van der Waals surface area contributed by atoms with Crippen LogP contribution in [0.3, 0.4) is 0 Å². The molecule has 0 aliphatic rings. The first kappa shape index (κ1) is 11.1. The van der Waals surface area contributed by atoms with Crippen LogP contribution in [-0.4, -0.2) is 9.97 Å². The van der Waals surface area contributed by atoms with Gasteiger partial charge in [0.25, 0.3) is 0 Å². The van der Waals surface area contributed by atoms with Gasteiger partial charge in [-0.25, -0.2) is 9.97 Å². The SMILES string of the molecule is Cc1cc(S)ccc1-c1c(C)ncnc1C. The van der Waals surface area contributed by atoms with Gasteiger partial charge < -0.3 is 0 Å². The summed E-state index contributed by atoms with van der Waals surface area (Å²) < 4.78 is 0. The van der Waals surface area contributed by atoms with Crippen LogP contribution in [0.1, 0.15) is 17.0 Å². The monoisotopic (exact) mass is 230 g/mol. The minimum absolute atomic E-state index is 0.980. The summed E-state index contributed by atoms with van der Waals surface area (Å²) in [7, 11) is 0. The fourth-order valence-corrected chi connectivity index (χ4v) is 2.18.